The Bertz CT molecular complexity index is 1320. The van der Waals surface area contributed by atoms with Gasteiger partial charge in [0.25, 0.3) is 5.91 Å². The van der Waals surface area contributed by atoms with Gasteiger partial charge < -0.3 is 18.9 Å². The van der Waals surface area contributed by atoms with Gasteiger partial charge in [-0.05, 0) is 60.5 Å². The number of hydrogen-bond acceptors (Lipinski definition) is 4. The van der Waals surface area contributed by atoms with Gasteiger partial charge in [0.1, 0.15) is 0 Å². The van der Waals surface area contributed by atoms with Crippen LogP contribution in [0.25, 0.3) is 10.9 Å². The summed E-state index contributed by atoms with van der Waals surface area (Å²) in [6, 6.07) is 16.5. The summed E-state index contributed by atoms with van der Waals surface area (Å²) in [5.74, 6) is 1.68. The molecule has 0 radical (unpaired) electrons. The van der Waals surface area contributed by atoms with Gasteiger partial charge in [-0.15, -0.1) is 11.3 Å². The average Bonchev–Trinajstić information content (AvgIpc) is 3.56. The largest absolute Gasteiger partial charge is 0.454 e. The Morgan fingerprint density at radius 1 is 1.12 bits per heavy atom. The zero-order chi connectivity index (χ0) is 21.7. The van der Waals surface area contributed by atoms with E-state index in [0.29, 0.717) is 0 Å². The third kappa shape index (κ3) is 3.09. The van der Waals surface area contributed by atoms with E-state index in [0.717, 1.165) is 59.5 Å². The van der Waals surface area contributed by atoms with Crippen LogP contribution in [-0.4, -0.2) is 28.7 Å². The SMILES string of the molecule is CCn1cc(C(=O)N2CCc3ccsc3C2Cc2ccc3c(c2)OCO3)c2ccccc21. The van der Waals surface area contributed by atoms with E-state index in [2.05, 4.69) is 52.1 Å². The molecule has 4 heterocycles. The number of ether oxygens (including phenoxy) is 2. The molecule has 6 rings (SSSR count). The van der Waals surface area contributed by atoms with Crippen LogP contribution in [-0.2, 0) is 19.4 Å². The van der Waals surface area contributed by atoms with Crippen LogP contribution in [0.15, 0.2) is 60.1 Å². The molecule has 1 amide bonds. The highest BCUT2D eigenvalue weighted by molar-refractivity contribution is 7.10. The van der Waals surface area contributed by atoms with Crippen molar-refractivity contribution in [2.45, 2.75) is 32.4 Å². The first-order chi connectivity index (χ1) is 15.7. The second-order valence-electron chi connectivity index (χ2n) is 8.31. The van der Waals surface area contributed by atoms with Crippen molar-refractivity contribution in [1.82, 2.24) is 9.47 Å². The lowest BCUT2D eigenvalue weighted by atomic mass is 9.94. The van der Waals surface area contributed by atoms with Crippen LogP contribution in [0.1, 0.15) is 39.3 Å². The first kappa shape index (κ1) is 19.4. The number of hydrogen-bond donors (Lipinski definition) is 0. The number of aromatic nitrogens is 1. The molecule has 0 aliphatic carbocycles. The molecule has 6 heteroatoms. The molecule has 5 nitrogen and oxygen atoms in total. The van der Waals surface area contributed by atoms with Gasteiger partial charge in [0.15, 0.2) is 11.5 Å². The van der Waals surface area contributed by atoms with Crippen LogP contribution in [0.4, 0.5) is 0 Å². The van der Waals surface area contributed by atoms with Gasteiger partial charge in [0.2, 0.25) is 6.79 Å². The molecule has 32 heavy (non-hydrogen) atoms. The van der Waals surface area contributed by atoms with Crippen LogP contribution in [0.5, 0.6) is 11.5 Å². The first-order valence-electron chi connectivity index (χ1n) is 11.1. The fraction of sp³-hybridized carbons (Fsp3) is 0.269. The maximum absolute atomic E-state index is 13.9. The Labute approximate surface area is 190 Å². The Morgan fingerprint density at radius 2 is 2.00 bits per heavy atom. The summed E-state index contributed by atoms with van der Waals surface area (Å²) in [5.41, 5.74) is 4.41. The number of benzene rings is 2. The topological polar surface area (TPSA) is 43.7 Å². The highest BCUT2D eigenvalue weighted by Gasteiger charge is 2.34. The van der Waals surface area contributed by atoms with Crippen LogP contribution in [0.3, 0.4) is 0 Å². The van der Waals surface area contributed by atoms with Crippen LogP contribution >= 0.6 is 11.3 Å². The van der Waals surface area contributed by atoms with E-state index in [4.69, 9.17) is 9.47 Å². The first-order valence-corrected chi connectivity index (χ1v) is 11.9. The van der Waals surface area contributed by atoms with Crippen molar-refractivity contribution in [2.24, 2.45) is 0 Å². The summed E-state index contributed by atoms with van der Waals surface area (Å²) < 4.78 is 13.2. The fourth-order valence-electron chi connectivity index (χ4n) is 4.96. The zero-order valence-electron chi connectivity index (χ0n) is 17.9. The second-order valence-corrected chi connectivity index (χ2v) is 9.26. The molecule has 0 saturated carbocycles. The van der Waals surface area contributed by atoms with Crippen LogP contribution in [0.2, 0.25) is 0 Å². The van der Waals surface area contributed by atoms with Gasteiger partial charge in [-0.25, -0.2) is 0 Å². The maximum atomic E-state index is 13.9. The van der Waals surface area contributed by atoms with E-state index < -0.39 is 0 Å². The monoisotopic (exact) mass is 444 g/mol. The van der Waals surface area contributed by atoms with Crippen molar-refractivity contribution in [3.05, 3.63) is 81.7 Å². The number of rotatable bonds is 4. The Kier molecular flexibility index (Phi) is 4.68. The molecule has 2 aliphatic heterocycles. The number of carbonyl (C=O) groups is 1. The molecule has 0 saturated heterocycles. The summed E-state index contributed by atoms with van der Waals surface area (Å²) in [6.07, 6.45) is 3.67. The smallest absolute Gasteiger partial charge is 0.256 e. The predicted molar refractivity (Wildman–Crippen MR) is 126 cm³/mol. The summed E-state index contributed by atoms with van der Waals surface area (Å²) in [7, 11) is 0. The van der Waals surface area contributed by atoms with E-state index >= 15 is 0 Å². The average molecular weight is 445 g/mol. The van der Waals surface area contributed by atoms with E-state index in [-0.39, 0.29) is 18.7 Å². The molecule has 2 aromatic heterocycles. The quantitative estimate of drug-likeness (QED) is 0.421. The fourth-order valence-corrected chi connectivity index (χ4v) is 6.02. The minimum atomic E-state index is 0.00959. The van der Waals surface area contributed by atoms with Gasteiger partial charge in [-0.1, -0.05) is 24.3 Å². The molecule has 0 bridgehead atoms. The Morgan fingerprint density at radius 3 is 2.91 bits per heavy atom. The molecule has 2 aliphatic rings. The Balaban J connectivity index is 1.39. The van der Waals surface area contributed by atoms with E-state index in [1.54, 1.807) is 11.3 Å². The van der Waals surface area contributed by atoms with E-state index in [1.807, 2.05) is 24.4 Å². The molecular formula is C26H24N2O3S. The third-order valence-corrected chi connectivity index (χ3v) is 7.63. The minimum Gasteiger partial charge on any atom is -0.454 e. The van der Waals surface area contributed by atoms with Crippen molar-refractivity contribution in [3.8, 4) is 11.5 Å². The number of carbonyl (C=O) groups excluding carboxylic acids is 1. The predicted octanol–water partition coefficient (Wildman–Crippen LogP) is 5.43. The molecule has 0 fully saturated rings. The molecular weight excluding hydrogens is 420 g/mol. The summed E-state index contributed by atoms with van der Waals surface area (Å²) in [5, 5.41) is 3.17. The molecule has 1 atom stereocenters. The van der Waals surface area contributed by atoms with E-state index in [1.165, 1.54) is 10.4 Å². The van der Waals surface area contributed by atoms with Crippen molar-refractivity contribution in [3.63, 3.8) is 0 Å². The van der Waals surface area contributed by atoms with Gasteiger partial charge in [-0.2, -0.15) is 0 Å². The van der Waals surface area contributed by atoms with Crippen molar-refractivity contribution in [1.29, 1.82) is 0 Å². The highest BCUT2D eigenvalue weighted by Crippen LogP contribution is 2.40. The van der Waals surface area contributed by atoms with Crippen molar-refractivity contribution < 1.29 is 14.3 Å². The summed E-state index contributed by atoms with van der Waals surface area (Å²) >= 11 is 1.75. The molecule has 162 valence electrons. The molecule has 0 spiro atoms. The van der Waals surface area contributed by atoms with E-state index in [9.17, 15) is 4.79 Å². The number of para-hydroxylation sites is 1. The molecule has 4 aromatic rings. The van der Waals surface area contributed by atoms with Crippen molar-refractivity contribution in [2.75, 3.05) is 13.3 Å². The number of aryl methyl sites for hydroxylation is 1. The number of thiophene rings is 1. The number of amides is 1. The molecule has 0 N–H and O–H groups in total. The van der Waals surface area contributed by atoms with Crippen molar-refractivity contribution >= 4 is 28.1 Å². The zero-order valence-corrected chi connectivity index (χ0v) is 18.7. The summed E-state index contributed by atoms with van der Waals surface area (Å²) in [4.78, 5) is 17.3. The lowest BCUT2D eigenvalue weighted by Crippen LogP contribution is -2.40. The van der Waals surface area contributed by atoms with Gasteiger partial charge in [0, 0.05) is 35.1 Å². The number of fused-ring (bicyclic) bond motifs is 3. The maximum Gasteiger partial charge on any atom is 0.256 e. The molecule has 1 unspecified atom stereocenters. The standard InChI is InChI=1S/C26H24N2O3S/c1-2-27-15-20(19-5-3-4-6-21(19)27)26(29)28-11-9-18-10-12-32-25(18)22(28)13-17-7-8-23-24(14-17)31-16-30-23/h3-8,10,12,14-15,22H,2,9,11,13,16H2,1H3. The summed E-state index contributed by atoms with van der Waals surface area (Å²) in [6.45, 7) is 3.94. The third-order valence-electron chi connectivity index (χ3n) is 6.57. The molecule has 2 aromatic carbocycles. The second kappa shape index (κ2) is 7.71. The Hall–Kier alpha value is -3.25. The van der Waals surface area contributed by atoms with Gasteiger partial charge in [-0.3, -0.25) is 4.79 Å². The normalized spacial score (nSPS) is 17.0. The minimum absolute atomic E-state index is 0.00959. The van der Waals surface area contributed by atoms with Crippen LogP contribution in [0, 0.1) is 0 Å². The number of nitrogens with zero attached hydrogens (tertiary/aromatic N) is 2. The lowest BCUT2D eigenvalue weighted by Gasteiger charge is -2.36. The lowest BCUT2D eigenvalue weighted by molar-refractivity contribution is 0.0666. The van der Waals surface area contributed by atoms with Gasteiger partial charge in [0.05, 0.1) is 11.6 Å². The van der Waals surface area contributed by atoms with Gasteiger partial charge >= 0.3 is 0 Å². The highest BCUT2D eigenvalue weighted by atomic mass is 32.1. The van der Waals surface area contributed by atoms with Crippen LogP contribution < -0.4 is 9.47 Å².